The lowest BCUT2D eigenvalue weighted by molar-refractivity contribution is -0.115. The van der Waals surface area contributed by atoms with Crippen LogP contribution in [0.2, 0.25) is 0 Å². The van der Waals surface area contributed by atoms with Gasteiger partial charge in [0.15, 0.2) is 5.16 Å². The third-order valence-corrected chi connectivity index (χ3v) is 6.13. The third kappa shape index (κ3) is 4.22. The van der Waals surface area contributed by atoms with Gasteiger partial charge in [-0.15, -0.1) is 10.2 Å². The number of carbonyl (C=O) groups excluding carboxylic acids is 1. The highest BCUT2D eigenvalue weighted by atomic mass is 32.2. The van der Waals surface area contributed by atoms with Gasteiger partial charge in [-0.25, -0.2) is 4.39 Å². The lowest BCUT2D eigenvalue weighted by Crippen LogP contribution is -2.25. The lowest BCUT2D eigenvalue weighted by atomic mass is 10.2. The summed E-state index contributed by atoms with van der Waals surface area (Å²) < 4.78 is 21.4. The molecule has 8 nitrogen and oxygen atoms in total. The van der Waals surface area contributed by atoms with Crippen molar-refractivity contribution in [3.63, 3.8) is 0 Å². The molecule has 2 heterocycles. The second-order valence-corrected chi connectivity index (χ2v) is 8.00. The van der Waals surface area contributed by atoms with Gasteiger partial charge in [0, 0.05) is 18.1 Å². The van der Waals surface area contributed by atoms with E-state index >= 15 is 0 Å². The van der Waals surface area contributed by atoms with E-state index in [4.69, 9.17) is 4.74 Å². The first-order valence-corrected chi connectivity index (χ1v) is 10.7. The highest BCUT2D eigenvalue weighted by Gasteiger charge is 2.22. The van der Waals surface area contributed by atoms with Gasteiger partial charge in [0.05, 0.1) is 18.0 Å². The van der Waals surface area contributed by atoms with Crippen molar-refractivity contribution in [3.05, 3.63) is 77.1 Å². The van der Waals surface area contributed by atoms with Gasteiger partial charge in [-0.05, 0) is 42.8 Å². The summed E-state index contributed by atoms with van der Waals surface area (Å²) in [5.74, 6) is -0.0714. The van der Waals surface area contributed by atoms with E-state index in [0.29, 0.717) is 28.7 Å². The zero-order valence-electron chi connectivity index (χ0n) is 17.4. The summed E-state index contributed by atoms with van der Waals surface area (Å²) in [5, 5.41) is 10.9. The largest absolute Gasteiger partial charge is 0.495 e. The Bertz CT molecular complexity index is 1320. The van der Waals surface area contributed by atoms with Crippen molar-refractivity contribution in [2.24, 2.45) is 0 Å². The van der Waals surface area contributed by atoms with Crippen LogP contribution >= 0.6 is 11.8 Å². The maximum absolute atomic E-state index is 13.1. The predicted molar refractivity (Wildman–Crippen MR) is 120 cm³/mol. The zero-order chi connectivity index (χ0) is 22.7. The number of nitrogens with zero attached hydrogens (tertiary/aromatic N) is 4. The summed E-state index contributed by atoms with van der Waals surface area (Å²) in [6.45, 7) is 1.87. The van der Waals surface area contributed by atoms with E-state index in [-0.39, 0.29) is 22.9 Å². The molecule has 0 aliphatic heterocycles. The maximum atomic E-state index is 13.1. The zero-order valence-corrected chi connectivity index (χ0v) is 18.2. The quantitative estimate of drug-likeness (QED) is 0.431. The number of hydrogen-bond donors (Lipinski definition) is 1. The summed E-state index contributed by atoms with van der Waals surface area (Å²) >= 11 is 1.20. The molecule has 2 aromatic heterocycles. The minimum absolute atomic E-state index is 0.134. The number of amides is 1. The Balaban J connectivity index is 1.61. The number of aromatic nitrogens is 4. The number of anilines is 1. The van der Waals surface area contributed by atoms with E-state index in [2.05, 4.69) is 15.5 Å². The van der Waals surface area contributed by atoms with Crippen LogP contribution in [0.1, 0.15) is 13.3 Å². The fourth-order valence-electron chi connectivity index (χ4n) is 3.17. The van der Waals surface area contributed by atoms with Crippen molar-refractivity contribution in [1.82, 2.24) is 19.2 Å². The highest BCUT2D eigenvalue weighted by molar-refractivity contribution is 8.00. The number of halogens is 1. The first kappa shape index (κ1) is 21.6. The predicted octanol–water partition coefficient (Wildman–Crippen LogP) is 3.54. The van der Waals surface area contributed by atoms with Gasteiger partial charge in [-0.1, -0.05) is 30.8 Å². The van der Waals surface area contributed by atoms with Crippen LogP contribution in [0.15, 0.2) is 70.9 Å². The standard InChI is InChI=1S/C22H20FN5O3S/c1-3-18(20(29)24-15-10-8-14(23)9-11-15)32-22-26-25-19-21(30)27(12-13-28(19)22)16-6-4-5-7-17(16)31-2/h4-13,18H,3H2,1-2H3,(H,24,29)/t18-/m0/s1. The summed E-state index contributed by atoms with van der Waals surface area (Å²) in [7, 11) is 1.54. The Labute approximate surface area is 187 Å². The van der Waals surface area contributed by atoms with Gasteiger partial charge >= 0.3 is 5.56 Å². The molecule has 0 unspecified atom stereocenters. The summed E-state index contributed by atoms with van der Waals surface area (Å²) in [4.78, 5) is 25.7. The molecule has 4 rings (SSSR count). The topological polar surface area (TPSA) is 90.5 Å². The van der Waals surface area contributed by atoms with Crippen molar-refractivity contribution in [1.29, 1.82) is 0 Å². The molecule has 164 valence electrons. The first-order valence-electron chi connectivity index (χ1n) is 9.84. The average Bonchev–Trinajstić information content (AvgIpc) is 3.22. The molecule has 1 amide bonds. The molecular weight excluding hydrogens is 433 g/mol. The number of nitrogens with one attached hydrogen (secondary N) is 1. The number of para-hydroxylation sites is 2. The fraction of sp³-hybridized carbons (Fsp3) is 0.182. The average molecular weight is 453 g/mol. The van der Waals surface area contributed by atoms with Crippen molar-refractivity contribution in [2.75, 3.05) is 12.4 Å². The van der Waals surface area contributed by atoms with Crippen molar-refractivity contribution in [3.8, 4) is 11.4 Å². The van der Waals surface area contributed by atoms with Crippen LogP contribution in [0.5, 0.6) is 5.75 Å². The summed E-state index contributed by atoms with van der Waals surface area (Å²) in [5.41, 5.74) is 0.862. The number of rotatable bonds is 7. The summed E-state index contributed by atoms with van der Waals surface area (Å²) in [6.07, 6.45) is 3.81. The fourth-order valence-corrected chi connectivity index (χ4v) is 4.11. The number of carbonyl (C=O) groups is 1. The lowest BCUT2D eigenvalue weighted by Gasteiger charge is -2.14. The van der Waals surface area contributed by atoms with Gasteiger partial charge in [0.2, 0.25) is 11.6 Å². The monoisotopic (exact) mass is 453 g/mol. The van der Waals surface area contributed by atoms with Crippen molar-refractivity contribution in [2.45, 2.75) is 23.8 Å². The molecule has 0 radical (unpaired) electrons. The van der Waals surface area contributed by atoms with Gasteiger partial charge in [-0.3, -0.25) is 18.6 Å². The SMILES string of the molecule is CC[C@H](Sc1nnc2c(=O)n(-c3ccccc3OC)ccn12)C(=O)Nc1ccc(F)cc1. The minimum Gasteiger partial charge on any atom is -0.495 e. The Morgan fingerprint density at radius 2 is 1.91 bits per heavy atom. The van der Waals surface area contributed by atoms with Crippen LogP contribution in [0.3, 0.4) is 0 Å². The first-order chi connectivity index (χ1) is 15.5. The van der Waals surface area contributed by atoms with Crippen LogP contribution in [0, 0.1) is 5.82 Å². The Morgan fingerprint density at radius 1 is 1.16 bits per heavy atom. The number of ether oxygens (including phenoxy) is 1. The van der Waals surface area contributed by atoms with Gasteiger partial charge in [-0.2, -0.15) is 0 Å². The molecule has 10 heteroatoms. The van der Waals surface area contributed by atoms with Crippen molar-refractivity contribution >= 4 is 29.0 Å². The van der Waals surface area contributed by atoms with Crippen LogP contribution in [-0.2, 0) is 4.79 Å². The Kier molecular flexibility index (Phi) is 6.22. The van der Waals surface area contributed by atoms with Crippen LogP contribution in [0.4, 0.5) is 10.1 Å². The number of hydrogen-bond acceptors (Lipinski definition) is 6. The van der Waals surface area contributed by atoms with E-state index in [1.807, 2.05) is 19.1 Å². The Morgan fingerprint density at radius 3 is 2.62 bits per heavy atom. The third-order valence-electron chi connectivity index (χ3n) is 4.81. The molecule has 1 atom stereocenters. The molecule has 2 aromatic carbocycles. The molecule has 0 aliphatic rings. The molecule has 0 bridgehead atoms. The second-order valence-electron chi connectivity index (χ2n) is 6.83. The van der Waals surface area contributed by atoms with E-state index in [1.54, 1.807) is 28.9 Å². The molecular formula is C22H20FN5O3S. The van der Waals surface area contributed by atoms with Crippen LogP contribution in [0.25, 0.3) is 11.3 Å². The highest BCUT2D eigenvalue weighted by Crippen LogP contribution is 2.26. The van der Waals surface area contributed by atoms with Crippen LogP contribution < -0.4 is 15.6 Å². The van der Waals surface area contributed by atoms with E-state index in [9.17, 15) is 14.0 Å². The molecule has 0 saturated heterocycles. The second kappa shape index (κ2) is 9.23. The number of methoxy groups -OCH3 is 1. The molecule has 1 N–H and O–H groups in total. The van der Waals surface area contributed by atoms with Gasteiger partial charge < -0.3 is 10.1 Å². The number of benzene rings is 2. The molecule has 0 aliphatic carbocycles. The van der Waals surface area contributed by atoms with E-state index in [1.165, 1.54) is 47.7 Å². The minimum atomic E-state index is -0.482. The molecule has 0 fully saturated rings. The number of thioether (sulfide) groups is 1. The Hall–Kier alpha value is -3.66. The normalized spacial score (nSPS) is 12.0. The molecule has 32 heavy (non-hydrogen) atoms. The molecule has 4 aromatic rings. The van der Waals surface area contributed by atoms with Gasteiger partial charge in [0.25, 0.3) is 0 Å². The van der Waals surface area contributed by atoms with E-state index < -0.39 is 5.25 Å². The molecule has 0 saturated carbocycles. The van der Waals surface area contributed by atoms with E-state index in [0.717, 1.165) is 0 Å². The van der Waals surface area contributed by atoms with Crippen molar-refractivity contribution < 1.29 is 13.9 Å². The smallest absolute Gasteiger partial charge is 0.300 e. The maximum Gasteiger partial charge on any atom is 0.300 e. The molecule has 0 spiro atoms. The number of fused-ring (bicyclic) bond motifs is 1. The van der Waals surface area contributed by atoms with Crippen LogP contribution in [-0.4, -0.2) is 37.4 Å². The summed E-state index contributed by atoms with van der Waals surface area (Å²) in [6, 6.07) is 12.7. The van der Waals surface area contributed by atoms with Gasteiger partial charge in [0.1, 0.15) is 11.6 Å².